The van der Waals surface area contributed by atoms with Gasteiger partial charge in [-0.2, -0.15) is 0 Å². The van der Waals surface area contributed by atoms with Gasteiger partial charge in [0.1, 0.15) is 5.69 Å². The molecule has 7 nitrogen and oxygen atoms in total. The van der Waals surface area contributed by atoms with E-state index in [0.717, 1.165) is 0 Å². The first-order valence-electron chi connectivity index (χ1n) is 8.44. The third-order valence-electron chi connectivity index (χ3n) is 4.80. The molecular formula is C16H24N4O3S. The number of carbonyl (C=O) groups is 1. The summed E-state index contributed by atoms with van der Waals surface area (Å²) in [5.41, 5.74) is 0.314. The summed E-state index contributed by atoms with van der Waals surface area (Å²) in [4.78, 5) is 22.2. The molecule has 8 heteroatoms. The number of carbonyl (C=O) groups excluding carboxylic acids is 1. The van der Waals surface area contributed by atoms with Crippen molar-refractivity contribution in [3.05, 3.63) is 24.3 Å². The molecule has 0 bridgehead atoms. The van der Waals surface area contributed by atoms with E-state index in [4.69, 9.17) is 0 Å². The SMILES string of the molecule is CC(C)CN1C[C@H]2CCN(C(=O)c3cnccn3)CC[C@H]2S1(=O)=O. The van der Waals surface area contributed by atoms with E-state index < -0.39 is 10.0 Å². The molecule has 2 aliphatic heterocycles. The predicted molar refractivity (Wildman–Crippen MR) is 89.8 cm³/mol. The summed E-state index contributed by atoms with van der Waals surface area (Å²) in [5.74, 6) is 0.254. The van der Waals surface area contributed by atoms with Gasteiger partial charge in [-0.15, -0.1) is 0 Å². The molecule has 0 saturated carbocycles. The minimum atomic E-state index is -3.25. The van der Waals surface area contributed by atoms with Crippen molar-refractivity contribution < 1.29 is 13.2 Å². The first kappa shape index (κ1) is 17.3. The molecule has 1 aromatic rings. The van der Waals surface area contributed by atoms with Crippen LogP contribution in [-0.4, -0.2) is 64.9 Å². The lowest BCUT2D eigenvalue weighted by atomic mass is 10.0. The zero-order valence-corrected chi connectivity index (χ0v) is 14.9. The van der Waals surface area contributed by atoms with Crippen LogP contribution in [0.5, 0.6) is 0 Å². The Morgan fingerprint density at radius 2 is 2.04 bits per heavy atom. The fourth-order valence-corrected chi connectivity index (χ4v) is 6.06. The Morgan fingerprint density at radius 3 is 2.71 bits per heavy atom. The van der Waals surface area contributed by atoms with Gasteiger partial charge in [-0.1, -0.05) is 13.8 Å². The minimum Gasteiger partial charge on any atom is -0.337 e. The predicted octanol–water partition coefficient (Wildman–Crippen LogP) is 0.999. The topological polar surface area (TPSA) is 83.5 Å². The second-order valence-electron chi connectivity index (χ2n) is 7.01. The van der Waals surface area contributed by atoms with Gasteiger partial charge >= 0.3 is 0 Å². The van der Waals surface area contributed by atoms with Crippen LogP contribution in [0.1, 0.15) is 37.2 Å². The number of fused-ring (bicyclic) bond motifs is 1. The molecule has 0 aromatic carbocycles. The van der Waals surface area contributed by atoms with Crippen LogP contribution in [0.25, 0.3) is 0 Å². The van der Waals surface area contributed by atoms with Crippen LogP contribution in [0.15, 0.2) is 18.6 Å². The molecule has 3 heterocycles. The Hall–Kier alpha value is -1.54. The second kappa shape index (κ2) is 6.76. The van der Waals surface area contributed by atoms with Crippen LogP contribution in [0.2, 0.25) is 0 Å². The Morgan fingerprint density at radius 1 is 1.29 bits per heavy atom. The van der Waals surface area contributed by atoms with Gasteiger partial charge in [0.2, 0.25) is 10.0 Å². The normalized spacial score (nSPS) is 27.0. The highest BCUT2D eigenvalue weighted by atomic mass is 32.2. The van der Waals surface area contributed by atoms with Crippen molar-refractivity contribution in [1.29, 1.82) is 0 Å². The number of amides is 1. The van der Waals surface area contributed by atoms with Crippen molar-refractivity contribution in [3.63, 3.8) is 0 Å². The molecule has 0 N–H and O–H groups in total. The van der Waals surface area contributed by atoms with Crippen molar-refractivity contribution in [2.45, 2.75) is 31.9 Å². The monoisotopic (exact) mass is 352 g/mol. The van der Waals surface area contributed by atoms with Crippen LogP contribution in [0, 0.1) is 11.8 Å². The lowest BCUT2D eigenvalue weighted by Gasteiger charge is -2.22. The molecule has 1 aromatic heterocycles. The molecule has 0 aliphatic carbocycles. The van der Waals surface area contributed by atoms with Gasteiger partial charge in [0.15, 0.2) is 0 Å². The van der Waals surface area contributed by atoms with E-state index in [0.29, 0.717) is 50.6 Å². The van der Waals surface area contributed by atoms with Crippen LogP contribution in [0.3, 0.4) is 0 Å². The summed E-state index contributed by atoms with van der Waals surface area (Å²) in [5, 5.41) is -0.365. The van der Waals surface area contributed by atoms with Crippen LogP contribution in [0.4, 0.5) is 0 Å². The lowest BCUT2D eigenvalue weighted by Crippen LogP contribution is -2.36. The Kier molecular flexibility index (Phi) is 4.87. The number of hydrogen-bond donors (Lipinski definition) is 0. The fraction of sp³-hybridized carbons (Fsp3) is 0.688. The summed E-state index contributed by atoms with van der Waals surface area (Å²) in [6, 6.07) is 0. The third-order valence-corrected chi connectivity index (χ3v) is 7.20. The third kappa shape index (κ3) is 3.30. The minimum absolute atomic E-state index is 0.105. The molecule has 0 spiro atoms. The van der Waals surface area contributed by atoms with E-state index in [1.807, 2.05) is 13.8 Å². The molecule has 0 unspecified atom stereocenters. The number of sulfonamides is 1. The van der Waals surface area contributed by atoms with Gasteiger partial charge < -0.3 is 4.90 Å². The van der Waals surface area contributed by atoms with Gasteiger partial charge in [0.05, 0.1) is 11.4 Å². The number of nitrogens with zero attached hydrogens (tertiary/aromatic N) is 4. The van der Waals surface area contributed by atoms with Crippen LogP contribution >= 0.6 is 0 Å². The van der Waals surface area contributed by atoms with Gasteiger partial charge in [-0.05, 0) is 24.7 Å². The van der Waals surface area contributed by atoms with E-state index in [1.54, 1.807) is 9.21 Å². The van der Waals surface area contributed by atoms with Crippen molar-refractivity contribution in [2.75, 3.05) is 26.2 Å². The summed E-state index contributed by atoms with van der Waals surface area (Å²) < 4.78 is 27.2. The molecular weight excluding hydrogens is 328 g/mol. The summed E-state index contributed by atoms with van der Waals surface area (Å²) in [6.45, 7) is 6.25. The summed E-state index contributed by atoms with van der Waals surface area (Å²) >= 11 is 0. The van der Waals surface area contributed by atoms with E-state index in [1.165, 1.54) is 18.6 Å². The van der Waals surface area contributed by atoms with Crippen molar-refractivity contribution >= 4 is 15.9 Å². The van der Waals surface area contributed by atoms with Gasteiger partial charge in [-0.3, -0.25) is 9.78 Å². The molecule has 132 valence electrons. The van der Waals surface area contributed by atoms with Crippen LogP contribution < -0.4 is 0 Å². The molecule has 1 amide bonds. The highest BCUT2D eigenvalue weighted by Crippen LogP contribution is 2.34. The number of rotatable bonds is 3. The van der Waals surface area contributed by atoms with Crippen molar-refractivity contribution in [3.8, 4) is 0 Å². The quantitative estimate of drug-likeness (QED) is 0.810. The highest BCUT2D eigenvalue weighted by Gasteiger charge is 2.47. The van der Waals surface area contributed by atoms with E-state index in [-0.39, 0.29) is 17.1 Å². The molecule has 2 aliphatic rings. The number of likely N-dealkylation sites (tertiary alicyclic amines) is 1. The number of hydrogen-bond acceptors (Lipinski definition) is 5. The first-order valence-corrected chi connectivity index (χ1v) is 9.94. The Balaban J connectivity index is 1.71. The molecule has 3 rings (SSSR count). The Labute approximate surface area is 143 Å². The summed E-state index contributed by atoms with van der Waals surface area (Å²) in [6.07, 6.45) is 5.68. The largest absolute Gasteiger partial charge is 0.337 e. The van der Waals surface area contributed by atoms with Crippen LogP contribution in [-0.2, 0) is 10.0 Å². The molecule has 2 fully saturated rings. The first-order chi connectivity index (χ1) is 11.4. The van der Waals surface area contributed by atoms with Gasteiger partial charge in [0.25, 0.3) is 5.91 Å². The molecule has 24 heavy (non-hydrogen) atoms. The van der Waals surface area contributed by atoms with E-state index in [9.17, 15) is 13.2 Å². The maximum Gasteiger partial charge on any atom is 0.274 e. The molecule has 2 saturated heterocycles. The second-order valence-corrected chi connectivity index (χ2v) is 9.17. The van der Waals surface area contributed by atoms with E-state index in [2.05, 4.69) is 9.97 Å². The average molecular weight is 352 g/mol. The van der Waals surface area contributed by atoms with E-state index >= 15 is 0 Å². The van der Waals surface area contributed by atoms with Gasteiger partial charge in [0, 0.05) is 38.6 Å². The molecule has 2 atom stereocenters. The number of aromatic nitrogens is 2. The van der Waals surface area contributed by atoms with Crippen molar-refractivity contribution in [2.24, 2.45) is 11.8 Å². The average Bonchev–Trinajstić information content (AvgIpc) is 2.70. The maximum atomic E-state index is 12.8. The van der Waals surface area contributed by atoms with Gasteiger partial charge in [-0.25, -0.2) is 17.7 Å². The standard InChI is InChI=1S/C16H24N4O3S/c1-12(2)10-20-11-13-3-7-19(8-4-15(13)24(20,22)23)16(21)14-9-17-5-6-18-14/h5-6,9,12-13,15H,3-4,7-8,10-11H2,1-2H3/t13-,15-/m1/s1. The maximum absolute atomic E-state index is 12.8. The molecule has 0 radical (unpaired) electrons. The summed E-state index contributed by atoms with van der Waals surface area (Å²) in [7, 11) is -3.25. The zero-order valence-electron chi connectivity index (χ0n) is 14.1. The Bertz CT molecular complexity index is 693. The highest BCUT2D eigenvalue weighted by molar-refractivity contribution is 7.90. The van der Waals surface area contributed by atoms with Crippen molar-refractivity contribution in [1.82, 2.24) is 19.2 Å². The fourth-order valence-electron chi connectivity index (χ4n) is 3.66. The zero-order chi connectivity index (χ0) is 17.3. The lowest BCUT2D eigenvalue weighted by molar-refractivity contribution is 0.0752. The smallest absolute Gasteiger partial charge is 0.274 e.